The second-order valence-corrected chi connectivity index (χ2v) is 2.81. The number of rotatable bonds is 1. The summed E-state index contributed by atoms with van der Waals surface area (Å²) in [6.45, 7) is 0. The number of hydrogen-bond donors (Lipinski definition) is 0. The number of methoxy groups -OCH3 is 1. The van der Waals surface area contributed by atoms with E-state index in [1.54, 1.807) is 9.86 Å². The van der Waals surface area contributed by atoms with Crippen LogP contribution >= 0.6 is 0 Å². The predicted octanol–water partition coefficient (Wildman–Crippen LogP) is -0.934. The average Bonchev–Trinajstić information content (AvgIpc) is 2.34. The minimum absolute atomic E-state index is 0.331. The number of hydrogen-bond acceptors (Lipinski definition) is 3. The molecule has 4 nitrogen and oxygen atoms in total. The van der Waals surface area contributed by atoms with Gasteiger partial charge < -0.3 is 8.40 Å². The maximum Gasteiger partial charge on any atom is 0.397 e. The molecule has 0 unspecified atom stereocenters. The third kappa shape index (κ3) is 1.38. The summed E-state index contributed by atoms with van der Waals surface area (Å²) in [4.78, 5) is 10.8. The highest BCUT2D eigenvalue weighted by atomic mass is 27.1. The van der Waals surface area contributed by atoms with Crippen LogP contribution in [0.25, 0.3) is 0 Å². The molecule has 1 aromatic rings. The molecule has 0 aliphatic heterocycles. The Bertz CT molecular complexity index is 246. The van der Waals surface area contributed by atoms with Crippen LogP contribution < -0.4 is 0 Å². The molecule has 0 N–H and O–H groups in total. The minimum atomic E-state index is -0.331. The van der Waals surface area contributed by atoms with Gasteiger partial charge in [-0.2, -0.15) is 0 Å². The Hall–Kier alpha value is -0.788. The lowest BCUT2D eigenvalue weighted by atomic mass is 10.4. The molecule has 0 saturated heterocycles. The maximum atomic E-state index is 10.8. The molecule has 1 rings (SSSR count). The van der Waals surface area contributed by atoms with Crippen molar-refractivity contribution in [1.82, 2.24) is 8.76 Å². The number of nitrogens with zero attached hydrogens (tertiary/aromatic N) is 2. The second-order valence-electron chi connectivity index (χ2n) is 1.89. The monoisotopic (exact) mass is 154 g/mol. The van der Waals surface area contributed by atoms with Crippen LogP contribution in [0.5, 0.6) is 0 Å². The highest BCUT2D eigenvalue weighted by molar-refractivity contribution is 6.06. The Morgan fingerprint density at radius 2 is 2.60 bits per heavy atom. The summed E-state index contributed by atoms with van der Waals surface area (Å²) in [5.74, 6) is -0.331. The van der Waals surface area contributed by atoms with E-state index in [0.717, 1.165) is 16.5 Å². The molecule has 0 aromatic carbocycles. The first-order chi connectivity index (χ1) is 4.74. The van der Waals surface area contributed by atoms with Crippen LogP contribution in [0.2, 0.25) is 0 Å². The Balaban J connectivity index is 2.85. The van der Waals surface area contributed by atoms with Crippen LogP contribution in [0.3, 0.4) is 0 Å². The molecule has 5 heteroatoms. The first-order valence-corrected chi connectivity index (χ1v) is 3.70. The number of carbonyl (C=O) groups excluding carboxylic acids is 1. The summed E-state index contributed by atoms with van der Waals surface area (Å²) < 4.78 is 6.16. The summed E-state index contributed by atoms with van der Waals surface area (Å²) in [5, 5.41) is 3.86. The molecule has 0 fully saturated rings. The highest BCUT2D eigenvalue weighted by Crippen LogP contribution is 1.96. The van der Waals surface area contributed by atoms with Crippen molar-refractivity contribution in [1.29, 1.82) is 0 Å². The summed E-state index contributed by atoms with van der Waals surface area (Å²) in [5.41, 5.74) is 0.512. The first-order valence-electron chi connectivity index (χ1n) is 2.81. The van der Waals surface area contributed by atoms with Crippen molar-refractivity contribution >= 4 is 22.5 Å². The molecule has 1 aromatic heterocycles. The molecule has 0 amide bonds. The molecule has 0 radical (unpaired) electrons. The zero-order valence-corrected chi connectivity index (χ0v) is 7.87. The minimum Gasteiger partial charge on any atom is -0.465 e. The lowest BCUT2D eigenvalue weighted by Crippen LogP contribution is -1.99. The van der Waals surface area contributed by atoms with E-state index in [4.69, 9.17) is 0 Å². The molecule has 0 spiro atoms. The lowest BCUT2D eigenvalue weighted by Gasteiger charge is -1.90. The molecule has 0 atom stereocenters. The van der Waals surface area contributed by atoms with Crippen molar-refractivity contribution in [3.63, 3.8) is 0 Å². The van der Waals surface area contributed by atoms with Gasteiger partial charge in [0.15, 0.2) is 0 Å². The van der Waals surface area contributed by atoms with Crippen molar-refractivity contribution < 1.29 is 9.53 Å². The van der Waals surface area contributed by atoms with Crippen LogP contribution in [0, 0.1) is 0 Å². The maximum absolute atomic E-state index is 10.8. The Morgan fingerprint density at radius 1 is 1.90 bits per heavy atom. The van der Waals surface area contributed by atoms with E-state index in [0.29, 0.717) is 5.56 Å². The number of carbonyl (C=O) groups is 1. The number of aromatic nitrogens is 2. The molecule has 0 bridgehead atoms. The van der Waals surface area contributed by atoms with Crippen LogP contribution in [-0.2, 0) is 4.74 Å². The Labute approximate surface area is 66.4 Å². The van der Waals surface area contributed by atoms with Crippen LogP contribution in [0.4, 0.5) is 0 Å². The summed E-state index contributed by atoms with van der Waals surface area (Å²) in [6, 6.07) is 0. The van der Waals surface area contributed by atoms with Gasteiger partial charge in [-0.05, 0) is 0 Å². The van der Waals surface area contributed by atoms with Crippen LogP contribution in [0.1, 0.15) is 10.4 Å². The van der Waals surface area contributed by atoms with E-state index in [2.05, 4.69) is 9.84 Å². The van der Waals surface area contributed by atoms with E-state index in [9.17, 15) is 4.79 Å². The van der Waals surface area contributed by atoms with Gasteiger partial charge in [0.05, 0.1) is 18.9 Å². The summed E-state index contributed by atoms with van der Waals surface area (Å²) in [6.07, 6.45) is 3.16. The first kappa shape index (κ1) is 7.32. The normalized spacial score (nSPS) is 9.30. The standard InChI is InChI=1S/C5H6N2O2.Al.2H/c1-9-5(8)4-2-6-7-3-4;;;/h2-3H,1H3,(H,6,7,8);;;/q;+1;;/p-1. The SMILES string of the molecule is COC(=O)c1cn[n]([AlH2])c1. The van der Waals surface area contributed by atoms with Gasteiger partial charge in [0.25, 0.3) is 0 Å². The van der Waals surface area contributed by atoms with E-state index < -0.39 is 0 Å². The van der Waals surface area contributed by atoms with E-state index >= 15 is 0 Å². The van der Waals surface area contributed by atoms with Gasteiger partial charge in [-0.3, -0.25) is 0 Å². The quantitative estimate of drug-likeness (QED) is 0.387. The van der Waals surface area contributed by atoms with Crippen molar-refractivity contribution in [2.45, 2.75) is 0 Å². The molecule has 0 aliphatic carbocycles. The molecule has 0 saturated carbocycles. The third-order valence-corrected chi connectivity index (χ3v) is 1.62. The third-order valence-electron chi connectivity index (χ3n) is 1.13. The van der Waals surface area contributed by atoms with Gasteiger partial charge in [0, 0.05) is 6.20 Å². The summed E-state index contributed by atoms with van der Waals surface area (Å²) >= 11 is 0.791. The fraction of sp³-hybridized carbons (Fsp3) is 0.200. The fourth-order valence-electron chi connectivity index (χ4n) is 0.644. The summed E-state index contributed by atoms with van der Waals surface area (Å²) in [7, 11) is 1.35. The molecule has 1 heterocycles. The van der Waals surface area contributed by atoms with Crippen molar-refractivity contribution in [2.24, 2.45) is 0 Å². The van der Waals surface area contributed by atoms with Gasteiger partial charge in [-0.15, -0.1) is 0 Å². The van der Waals surface area contributed by atoms with Crippen LogP contribution in [0.15, 0.2) is 12.4 Å². The molecular weight excluding hydrogens is 147 g/mol. The average molecular weight is 154 g/mol. The van der Waals surface area contributed by atoms with Crippen molar-refractivity contribution in [3.05, 3.63) is 18.0 Å². The molecule has 52 valence electrons. The topological polar surface area (TPSA) is 44.1 Å². The number of esters is 1. The fourth-order valence-corrected chi connectivity index (χ4v) is 1.04. The molecular formula is C5H7AlN2O2. The van der Waals surface area contributed by atoms with Gasteiger partial charge in [-0.1, -0.05) is 0 Å². The van der Waals surface area contributed by atoms with Gasteiger partial charge in [-0.25, -0.2) is 9.89 Å². The lowest BCUT2D eigenvalue weighted by molar-refractivity contribution is 0.0601. The largest absolute Gasteiger partial charge is 0.465 e. The smallest absolute Gasteiger partial charge is 0.397 e. The molecule has 10 heavy (non-hydrogen) atoms. The van der Waals surface area contributed by atoms with E-state index in [1.807, 2.05) is 0 Å². The van der Waals surface area contributed by atoms with Crippen molar-refractivity contribution in [2.75, 3.05) is 7.11 Å². The van der Waals surface area contributed by atoms with Gasteiger partial charge in [0.1, 0.15) is 0 Å². The zero-order chi connectivity index (χ0) is 7.56. The molecule has 0 aliphatic rings. The van der Waals surface area contributed by atoms with Crippen molar-refractivity contribution in [3.8, 4) is 0 Å². The second kappa shape index (κ2) is 2.86. The van der Waals surface area contributed by atoms with E-state index in [1.165, 1.54) is 13.3 Å². The Kier molecular flexibility index (Phi) is 2.10. The Morgan fingerprint density at radius 3 is 3.00 bits per heavy atom. The number of ether oxygens (including phenoxy) is 1. The highest BCUT2D eigenvalue weighted by Gasteiger charge is 2.04. The van der Waals surface area contributed by atoms with Crippen LogP contribution in [-0.4, -0.2) is 38.4 Å². The van der Waals surface area contributed by atoms with Gasteiger partial charge >= 0.3 is 22.5 Å². The van der Waals surface area contributed by atoms with E-state index in [-0.39, 0.29) is 5.97 Å². The predicted molar refractivity (Wildman–Crippen MR) is 37.5 cm³/mol. The zero-order valence-electron chi connectivity index (χ0n) is 5.87. The van der Waals surface area contributed by atoms with Gasteiger partial charge in [0.2, 0.25) is 0 Å².